The van der Waals surface area contributed by atoms with Gasteiger partial charge in [0.05, 0.1) is 11.6 Å². The Bertz CT molecular complexity index is 1470. The average Bonchev–Trinajstić information content (AvgIpc) is 3.32. The quantitative estimate of drug-likeness (QED) is 0.323. The molecule has 6 rings (SSSR count). The topological polar surface area (TPSA) is 168 Å². The Morgan fingerprint density at radius 3 is 2.36 bits per heavy atom. The van der Waals surface area contributed by atoms with Crippen LogP contribution in [0.2, 0.25) is 0 Å². The van der Waals surface area contributed by atoms with Gasteiger partial charge in [0, 0.05) is 49.9 Å². The van der Waals surface area contributed by atoms with Gasteiger partial charge in [0.15, 0.2) is 11.4 Å². The van der Waals surface area contributed by atoms with Crippen LogP contribution in [0.3, 0.4) is 0 Å². The fourth-order valence-corrected chi connectivity index (χ4v) is 8.36. The van der Waals surface area contributed by atoms with Gasteiger partial charge in [-0.1, -0.05) is 6.42 Å². The molecule has 42 heavy (non-hydrogen) atoms. The number of fused-ring (bicyclic) bond motifs is 3. The van der Waals surface area contributed by atoms with Crippen LogP contribution in [0, 0.1) is 17.3 Å². The first-order chi connectivity index (χ1) is 19.7. The Balaban J connectivity index is 1.46. The molecule has 0 aromatic heterocycles. The number of phenols is 1. The predicted molar refractivity (Wildman–Crippen MR) is 154 cm³/mol. The summed E-state index contributed by atoms with van der Waals surface area (Å²) in [5, 5.41) is 45.9. The van der Waals surface area contributed by atoms with Crippen molar-refractivity contribution >= 4 is 23.2 Å². The molecule has 1 amide bonds. The van der Waals surface area contributed by atoms with Crippen LogP contribution in [0.25, 0.3) is 0 Å². The SMILES string of the molecule is CN(C)c1cc(CN2CCC3(CCC3)C2)c(O)c2c1C[C@H]1C[C@H]3[C@H](N(C)C)C(O)=C(C(N)=O)C(=O)[C@@]3(O)C(O)=C1C2=O. The molecule has 1 heterocycles. The Morgan fingerprint density at radius 2 is 1.81 bits per heavy atom. The molecule has 4 atom stereocenters. The van der Waals surface area contributed by atoms with Crippen LogP contribution in [0.5, 0.6) is 5.75 Å². The van der Waals surface area contributed by atoms with Crippen molar-refractivity contribution in [2.75, 3.05) is 46.2 Å². The first-order valence-corrected chi connectivity index (χ1v) is 14.6. The zero-order chi connectivity index (χ0) is 30.5. The van der Waals surface area contributed by atoms with Crippen LogP contribution < -0.4 is 10.6 Å². The molecule has 4 aliphatic carbocycles. The fraction of sp³-hybridized carbons (Fsp3) is 0.581. The van der Waals surface area contributed by atoms with Crippen LogP contribution >= 0.6 is 0 Å². The standard InChI is InChI=1S/C31H40N4O7/c1-33(2)19-12-16(13-35-9-8-30(14-35)6-5-7-30)24(36)21-17(19)10-15-11-18-23(34(3)4)26(38)22(29(32)41)28(40)31(18,42)27(39)20(15)25(21)37/h12,15,18,23,36,38-39,42H,5-11,13-14H2,1-4H3,(H2,32,41)/t15-,18-,23-,31-/m0/s1. The van der Waals surface area contributed by atoms with E-state index in [1.165, 1.54) is 19.3 Å². The number of likely N-dealkylation sites (tertiary alicyclic amines) is 1. The number of carbonyl (C=O) groups excluding carboxylic acids is 3. The number of phenolic OH excluding ortho intramolecular Hbond substituents is 1. The van der Waals surface area contributed by atoms with E-state index in [2.05, 4.69) is 4.90 Å². The van der Waals surface area contributed by atoms with Crippen molar-refractivity contribution in [1.29, 1.82) is 0 Å². The molecule has 11 heteroatoms. The highest BCUT2D eigenvalue weighted by Gasteiger charge is 2.63. The average molecular weight is 581 g/mol. The highest BCUT2D eigenvalue weighted by Crippen LogP contribution is 2.54. The first-order valence-electron chi connectivity index (χ1n) is 14.6. The van der Waals surface area contributed by atoms with E-state index >= 15 is 0 Å². The van der Waals surface area contributed by atoms with Gasteiger partial charge in [-0.15, -0.1) is 0 Å². The third kappa shape index (κ3) is 3.86. The highest BCUT2D eigenvalue weighted by molar-refractivity contribution is 6.25. The molecular weight excluding hydrogens is 540 g/mol. The van der Waals surface area contributed by atoms with E-state index < -0.39 is 58.0 Å². The van der Waals surface area contributed by atoms with Crippen molar-refractivity contribution in [2.24, 2.45) is 23.0 Å². The van der Waals surface area contributed by atoms with E-state index in [9.17, 15) is 34.8 Å². The lowest BCUT2D eigenvalue weighted by atomic mass is 9.58. The molecule has 6 N–H and O–H groups in total. The number of amides is 1. The zero-order valence-corrected chi connectivity index (χ0v) is 24.6. The molecule has 1 saturated heterocycles. The third-order valence-electron chi connectivity index (χ3n) is 10.6. The smallest absolute Gasteiger partial charge is 0.255 e. The lowest BCUT2D eigenvalue weighted by Gasteiger charge is -2.50. The number of benzene rings is 1. The number of hydrogen-bond donors (Lipinski definition) is 5. The lowest BCUT2D eigenvalue weighted by Crippen LogP contribution is -2.63. The van der Waals surface area contributed by atoms with Crippen molar-refractivity contribution in [3.63, 3.8) is 0 Å². The minimum Gasteiger partial charge on any atom is -0.510 e. The number of allylic oxidation sites excluding steroid dienone is 1. The number of ketones is 2. The van der Waals surface area contributed by atoms with Crippen molar-refractivity contribution in [3.05, 3.63) is 45.4 Å². The van der Waals surface area contributed by atoms with E-state index in [4.69, 9.17) is 5.73 Å². The number of likely N-dealkylation sites (N-methyl/N-ethyl adjacent to an activating group) is 1. The summed E-state index contributed by atoms with van der Waals surface area (Å²) in [6, 6.07) is 0.917. The zero-order valence-electron chi connectivity index (χ0n) is 24.6. The van der Waals surface area contributed by atoms with E-state index in [0.717, 1.165) is 25.2 Å². The summed E-state index contributed by atoms with van der Waals surface area (Å²) in [6.07, 6.45) is 5.15. The van der Waals surface area contributed by atoms with Crippen molar-refractivity contribution in [3.8, 4) is 5.75 Å². The maximum absolute atomic E-state index is 14.2. The third-order valence-corrected chi connectivity index (χ3v) is 10.6. The van der Waals surface area contributed by atoms with Gasteiger partial charge in [-0.3, -0.25) is 24.2 Å². The Hall–Kier alpha value is -3.41. The number of aliphatic hydroxyl groups excluding tert-OH is 2. The van der Waals surface area contributed by atoms with Gasteiger partial charge in [-0.05, 0) is 75.7 Å². The summed E-state index contributed by atoms with van der Waals surface area (Å²) in [4.78, 5) is 45.7. The van der Waals surface area contributed by atoms with Gasteiger partial charge in [-0.25, -0.2) is 0 Å². The normalized spacial score (nSPS) is 30.4. The minimum absolute atomic E-state index is 0.0644. The van der Waals surface area contributed by atoms with Gasteiger partial charge in [-0.2, -0.15) is 0 Å². The van der Waals surface area contributed by atoms with Gasteiger partial charge in [0.2, 0.25) is 5.78 Å². The molecule has 0 bridgehead atoms. The van der Waals surface area contributed by atoms with Crippen LogP contribution in [-0.2, 0) is 22.6 Å². The number of nitrogens with zero attached hydrogens (tertiary/aromatic N) is 3. The Labute approximate surface area is 244 Å². The maximum Gasteiger partial charge on any atom is 0.255 e. The number of primary amides is 1. The van der Waals surface area contributed by atoms with Gasteiger partial charge in [0.25, 0.3) is 5.91 Å². The molecule has 0 radical (unpaired) electrons. The summed E-state index contributed by atoms with van der Waals surface area (Å²) in [5.41, 5.74) is 4.29. The maximum atomic E-state index is 14.2. The molecule has 11 nitrogen and oxygen atoms in total. The Morgan fingerprint density at radius 1 is 1.12 bits per heavy atom. The van der Waals surface area contributed by atoms with Gasteiger partial charge in [0.1, 0.15) is 22.8 Å². The predicted octanol–water partition coefficient (Wildman–Crippen LogP) is 1.56. The minimum atomic E-state index is -2.64. The summed E-state index contributed by atoms with van der Waals surface area (Å²) in [6.45, 7) is 2.35. The number of nitrogens with two attached hydrogens (primary N) is 1. The number of carbonyl (C=O) groups is 3. The van der Waals surface area contributed by atoms with E-state index in [1.807, 2.05) is 25.1 Å². The molecule has 226 valence electrons. The Kier molecular flexibility index (Phi) is 6.53. The van der Waals surface area contributed by atoms with Crippen LogP contribution in [0.15, 0.2) is 28.7 Å². The number of aliphatic hydroxyl groups is 3. The van der Waals surface area contributed by atoms with Crippen LogP contribution in [-0.4, -0.2) is 101 Å². The van der Waals surface area contributed by atoms with Gasteiger partial charge >= 0.3 is 0 Å². The number of rotatable bonds is 5. The highest BCUT2D eigenvalue weighted by atomic mass is 16.3. The summed E-state index contributed by atoms with van der Waals surface area (Å²) < 4.78 is 0. The largest absolute Gasteiger partial charge is 0.510 e. The van der Waals surface area contributed by atoms with Crippen LogP contribution in [0.4, 0.5) is 5.69 Å². The molecule has 1 spiro atoms. The number of hydrogen-bond acceptors (Lipinski definition) is 10. The van der Waals surface area contributed by atoms with Crippen molar-refractivity contribution in [2.45, 2.75) is 56.7 Å². The first kappa shape index (κ1) is 28.7. The van der Waals surface area contributed by atoms with E-state index in [-0.39, 0.29) is 29.7 Å². The second kappa shape index (κ2) is 9.55. The lowest BCUT2D eigenvalue weighted by molar-refractivity contribution is -0.148. The monoisotopic (exact) mass is 580 g/mol. The van der Waals surface area contributed by atoms with Crippen molar-refractivity contribution < 1.29 is 34.8 Å². The number of aromatic hydroxyl groups is 1. The molecule has 1 aromatic rings. The molecule has 0 unspecified atom stereocenters. The van der Waals surface area contributed by atoms with E-state index in [0.29, 0.717) is 23.1 Å². The summed E-state index contributed by atoms with van der Waals surface area (Å²) in [5.74, 6) is -6.34. The van der Waals surface area contributed by atoms with Crippen LogP contribution in [0.1, 0.15) is 53.6 Å². The number of anilines is 1. The second-order valence-corrected chi connectivity index (χ2v) is 13.4. The van der Waals surface area contributed by atoms with Crippen molar-refractivity contribution in [1.82, 2.24) is 9.80 Å². The number of Topliss-reactive ketones (excluding diaryl/α,β-unsaturated/α-hetero) is 2. The second-order valence-electron chi connectivity index (χ2n) is 13.4. The summed E-state index contributed by atoms with van der Waals surface area (Å²) in [7, 11) is 6.98. The fourth-order valence-electron chi connectivity index (χ4n) is 8.36. The molecular formula is C31H40N4O7. The van der Waals surface area contributed by atoms with Gasteiger partial charge < -0.3 is 31.1 Å². The summed E-state index contributed by atoms with van der Waals surface area (Å²) >= 11 is 0. The molecule has 1 saturated carbocycles. The van der Waals surface area contributed by atoms with E-state index in [1.54, 1.807) is 19.0 Å². The molecule has 1 aliphatic heterocycles. The molecule has 1 aromatic carbocycles. The molecule has 2 fully saturated rings. The molecule has 5 aliphatic rings.